The molecule has 0 saturated carbocycles. The van der Waals surface area contributed by atoms with Gasteiger partial charge in [-0.1, -0.05) is 48.7 Å². The van der Waals surface area contributed by atoms with Crippen molar-refractivity contribution >= 4 is 40.7 Å². The Morgan fingerprint density at radius 3 is 2.53 bits per heavy atom. The third-order valence-corrected chi connectivity index (χ3v) is 3.04. The third kappa shape index (κ3) is 3.38. The summed E-state index contributed by atoms with van der Waals surface area (Å²) in [5.74, 6) is -0.0817. The number of nitrogens with one attached hydrogen (secondary N) is 1. The maximum atomic E-state index is 11.8. The van der Waals surface area contributed by atoms with Gasteiger partial charge >= 0.3 is 0 Å². The number of hydrogen-bond acceptors (Lipinski definition) is 2. The number of rotatable bonds is 1. The highest BCUT2D eigenvalue weighted by Crippen LogP contribution is 2.30. The fourth-order valence-corrected chi connectivity index (χ4v) is 2.06. The molecule has 6 heteroatoms. The SMILES string of the molecule is CC(C)C1CNCCN1C(=O)C(Cl)(Cl)Cl. The molecule has 1 rings (SSSR count). The number of hydrogen-bond donors (Lipinski definition) is 1. The first-order valence-corrected chi connectivity index (χ1v) is 6.06. The normalized spacial score (nSPS) is 23.3. The third-order valence-electron chi connectivity index (χ3n) is 2.56. The highest BCUT2D eigenvalue weighted by Gasteiger charge is 2.39. The second kappa shape index (κ2) is 5.09. The molecule has 0 aromatic heterocycles. The number of alkyl halides is 3. The van der Waals surface area contributed by atoms with E-state index in [0.717, 1.165) is 13.1 Å². The Hall–Kier alpha value is 0.300. The van der Waals surface area contributed by atoms with E-state index in [0.29, 0.717) is 12.5 Å². The highest BCUT2D eigenvalue weighted by molar-refractivity contribution is 6.76. The Bertz CT molecular complexity index is 240. The van der Waals surface area contributed by atoms with E-state index in [1.165, 1.54) is 0 Å². The molecular formula is C9H15Cl3N2O. The lowest BCUT2D eigenvalue weighted by Crippen LogP contribution is -2.58. The van der Waals surface area contributed by atoms with Crippen LogP contribution in [0.1, 0.15) is 13.8 Å². The number of amides is 1. The van der Waals surface area contributed by atoms with Crippen molar-refractivity contribution in [2.75, 3.05) is 19.6 Å². The van der Waals surface area contributed by atoms with Crippen LogP contribution in [0, 0.1) is 5.92 Å². The molecule has 0 radical (unpaired) electrons. The Balaban J connectivity index is 2.77. The Morgan fingerprint density at radius 2 is 2.07 bits per heavy atom. The maximum Gasteiger partial charge on any atom is 0.275 e. The molecule has 1 N–H and O–H groups in total. The van der Waals surface area contributed by atoms with Crippen LogP contribution in [-0.4, -0.2) is 40.3 Å². The predicted octanol–water partition coefficient (Wildman–Crippen LogP) is 1.81. The summed E-state index contributed by atoms with van der Waals surface area (Å²) in [4.78, 5) is 13.5. The summed E-state index contributed by atoms with van der Waals surface area (Å²) in [6.45, 7) is 6.20. The van der Waals surface area contributed by atoms with Crippen molar-refractivity contribution in [3.63, 3.8) is 0 Å². The second-order valence-corrected chi connectivity index (χ2v) is 6.29. The molecule has 0 aromatic carbocycles. The van der Waals surface area contributed by atoms with E-state index in [2.05, 4.69) is 19.2 Å². The molecule has 1 atom stereocenters. The van der Waals surface area contributed by atoms with E-state index in [9.17, 15) is 4.79 Å². The van der Waals surface area contributed by atoms with E-state index in [1.54, 1.807) is 4.90 Å². The summed E-state index contributed by atoms with van der Waals surface area (Å²) in [6, 6.07) is 0.0990. The van der Waals surface area contributed by atoms with Gasteiger partial charge in [-0.3, -0.25) is 4.79 Å². The van der Waals surface area contributed by atoms with Crippen LogP contribution in [0.5, 0.6) is 0 Å². The van der Waals surface area contributed by atoms with Gasteiger partial charge in [-0.2, -0.15) is 0 Å². The number of nitrogens with zero attached hydrogens (tertiary/aromatic N) is 1. The Kier molecular flexibility index (Phi) is 4.53. The van der Waals surface area contributed by atoms with Crippen LogP contribution >= 0.6 is 34.8 Å². The molecule has 1 heterocycles. The molecule has 1 aliphatic heterocycles. The molecule has 3 nitrogen and oxygen atoms in total. The van der Waals surface area contributed by atoms with Crippen molar-refractivity contribution in [2.45, 2.75) is 23.7 Å². The zero-order valence-electron chi connectivity index (χ0n) is 8.77. The lowest BCUT2D eigenvalue weighted by atomic mass is 10.0. The van der Waals surface area contributed by atoms with E-state index in [1.807, 2.05) is 0 Å². The van der Waals surface area contributed by atoms with Crippen LogP contribution in [0.25, 0.3) is 0 Å². The van der Waals surface area contributed by atoms with Gasteiger partial charge in [0.25, 0.3) is 9.70 Å². The number of halogens is 3. The number of carbonyl (C=O) groups is 1. The average molecular weight is 274 g/mol. The fraction of sp³-hybridized carbons (Fsp3) is 0.889. The van der Waals surface area contributed by atoms with Crippen molar-refractivity contribution in [2.24, 2.45) is 5.92 Å². The topological polar surface area (TPSA) is 32.3 Å². The van der Waals surface area contributed by atoms with E-state index in [4.69, 9.17) is 34.8 Å². The lowest BCUT2D eigenvalue weighted by Gasteiger charge is -2.39. The summed E-state index contributed by atoms with van der Waals surface area (Å²) in [5, 5.41) is 3.23. The highest BCUT2D eigenvalue weighted by atomic mass is 35.6. The lowest BCUT2D eigenvalue weighted by molar-refractivity contribution is -0.134. The molecule has 0 aliphatic carbocycles. The van der Waals surface area contributed by atoms with Gasteiger partial charge in [0.2, 0.25) is 0 Å². The van der Waals surface area contributed by atoms with Crippen molar-refractivity contribution in [3.05, 3.63) is 0 Å². The van der Waals surface area contributed by atoms with Crippen LogP contribution in [0.2, 0.25) is 0 Å². The van der Waals surface area contributed by atoms with E-state index in [-0.39, 0.29) is 6.04 Å². The van der Waals surface area contributed by atoms with Crippen LogP contribution in [-0.2, 0) is 4.79 Å². The van der Waals surface area contributed by atoms with Gasteiger partial charge in [-0.15, -0.1) is 0 Å². The molecule has 1 unspecified atom stereocenters. The van der Waals surface area contributed by atoms with Crippen molar-refractivity contribution < 1.29 is 4.79 Å². The minimum Gasteiger partial charge on any atom is -0.333 e. The fourth-order valence-electron chi connectivity index (χ4n) is 1.74. The van der Waals surface area contributed by atoms with Crippen LogP contribution in [0.4, 0.5) is 0 Å². The van der Waals surface area contributed by atoms with Crippen LogP contribution in [0.3, 0.4) is 0 Å². The first-order valence-electron chi connectivity index (χ1n) is 4.92. The molecule has 1 aliphatic rings. The van der Waals surface area contributed by atoms with Gasteiger partial charge in [-0.05, 0) is 5.92 Å². The smallest absolute Gasteiger partial charge is 0.275 e. The Morgan fingerprint density at radius 1 is 1.47 bits per heavy atom. The van der Waals surface area contributed by atoms with Gasteiger partial charge in [0, 0.05) is 25.7 Å². The summed E-state index contributed by atoms with van der Waals surface area (Å²) >= 11 is 16.8. The first kappa shape index (κ1) is 13.4. The van der Waals surface area contributed by atoms with Crippen molar-refractivity contribution in [1.82, 2.24) is 10.2 Å². The van der Waals surface area contributed by atoms with E-state index < -0.39 is 9.70 Å². The molecular weight excluding hydrogens is 258 g/mol. The number of piperazine rings is 1. The van der Waals surface area contributed by atoms with E-state index >= 15 is 0 Å². The summed E-state index contributed by atoms with van der Waals surface area (Å²) in [5.41, 5.74) is 0. The maximum absolute atomic E-state index is 11.8. The van der Waals surface area contributed by atoms with Crippen LogP contribution in [0.15, 0.2) is 0 Å². The van der Waals surface area contributed by atoms with Gasteiger partial charge in [0.05, 0.1) is 0 Å². The molecule has 1 amide bonds. The van der Waals surface area contributed by atoms with Crippen LogP contribution < -0.4 is 5.32 Å². The van der Waals surface area contributed by atoms with Crippen molar-refractivity contribution in [1.29, 1.82) is 0 Å². The molecule has 0 aromatic rings. The van der Waals surface area contributed by atoms with Crippen molar-refractivity contribution in [3.8, 4) is 0 Å². The van der Waals surface area contributed by atoms with Gasteiger partial charge < -0.3 is 10.2 Å². The zero-order valence-corrected chi connectivity index (χ0v) is 11.0. The minimum absolute atomic E-state index is 0.0990. The molecule has 0 bridgehead atoms. The average Bonchev–Trinajstić information content (AvgIpc) is 2.15. The first-order chi connectivity index (χ1) is 6.84. The standard InChI is InChI=1S/C9H15Cl3N2O/c1-6(2)7-5-13-3-4-14(7)8(15)9(10,11)12/h6-7,13H,3-5H2,1-2H3. The quantitative estimate of drug-likeness (QED) is 0.739. The summed E-state index contributed by atoms with van der Waals surface area (Å²) in [7, 11) is 0. The largest absolute Gasteiger partial charge is 0.333 e. The number of carbonyl (C=O) groups excluding carboxylic acids is 1. The zero-order chi connectivity index (χ0) is 11.6. The minimum atomic E-state index is -1.84. The Labute approximate surface area is 105 Å². The summed E-state index contributed by atoms with van der Waals surface area (Å²) < 4.78 is -1.84. The second-order valence-electron chi connectivity index (χ2n) is 4.01. The summed E-state index contributed by atoms with van der Waals surface area (Å²) in [6.07, 6.45) is 0. The molecule has 1 saturated heterocycles. The molecule has 88 valence electrons. The monoisotopic (exact) mass is 272 g/mol. The molecule has 1 fully saturated rings. The van der Waals surface area contributed by atoms with Gasteiger partial charge in [0.15, 0.2) is 0 Å². The molecule has 15 heavy (non-hydrogen) atoms. The van der Waals surface area contributed by atoms with Gasteiger partial charge in [-0.25, -0.2) is 0 Å². The van der Waals surface area contributed by atoms with Gasteiger partial charge in [0.1, 0.15) is 0 Å². The predicted molar refractivity (Wildman–Crippen MR) is 63.5 cm³/mol. The molecule has 0 spiro atoms.